The molecule has 0 radical (unpaired) electrons. The molecule has 0 saturated carbocycles. The first-order valence-electron chi connectivity index (χ1n) is 6.85. The molecule has 0 aromatic carbocycles. The summed E-state index contributed by atoms with van der Waals surface area (Å²) in [5, 5.41) is 0. The minimum atomic E-state index is 0.183. The predicted octanol–water partition coefficient (Wildman–Crippen LogP) is 1.10. The Morgan fingerprint density at radius 1 is 1.37 bits per heavy atom. The highest BCUT2D eigenvalue weighted by Gasteiger charge is 2.33. The lowest BCUT2D eigenvalue weighted by Gasteiger charge is -2.42. The Balaban J connectivity index is 1.98. The van der Waals surface area contributed by atoms with Gasteiger partial charge in [-0.05, 0) is 11.8 Å². The van der Waals surface area contributed by atoms with Gasteiger partial charge in [0.05, 0.1) is 0 Å². The highest BCUT2D eigenvalue weighted by atomic mass is 15.2. The van der Waals surface area contributed by atoms with Gasteiger partial charge in [0.15, 0.2) is 0 Å². The first kappa shape index (κ1) is 14.2. The highest BCUT2D eigenvalue weighted by Crippen LogP contribution is 2.28. The van der Waals surface area contributed by atoms with E-state index in [-0.39, 0.29) is 5.41 Å². The van der Waals surface area contributed by atoms with Crippen LogP contribution in [0.5, 0.6) is 0 Å². The van der Waals surface area contributed by atoms with Crippen molar-refractivity contribution in [3.63, 3.8) is 0 Å². The molecule has 19 heavy (non-hydrogen) atoms. The first-order valence-corrected chi connectivity index (χ1v) is 6.85. The van der Waals surface area contributed by atoms with E-state index in [1.165, 1.54) is 0 Å². The van der Waals surface area contributed by atoms with Gasteiger partial charge in [-0.15, -0.1) is 0 Å². The average molecular weight is 263 g/mol. The number of anilines is 1. The van der Waals surface area contributed by atoms with Gasteiger partial charge >= 0.3 is 0 Å². The molecule has 2 rings (SSSR count). The average Bonchev–Trinajstić information content (AvgIpc) is 2.34. The maximum atomic E-state index is 6.16. The van der Waals surface area contributed by atoms with Crippen molar-refractivity contribution in [3.05, 3.63) is 18.0 Å². The molecule has 2 heterocycles. The number of rotatable bonds is 3. The maximum absolute atomic E-state index is 6.16. The van der Waals surface area contributed by atoms with Crippen LogP contribution in [0.1, 0.15) is 25.8 Å². The van der Waals surface area contributed by atoms with Gasteiger partial charge < -0.3 is 10.6 Å². The molecule has 0 amide bonds. The van der Waals surface area contributed by atoms with E-state index >= 15 is 0 Å². The van der Waals surface area contributed by atoms with E-state index in [4.69, 9.17) is 5.73 Å². The summed E-state index contributed by atoms with van der Waals surface area (Å²) >= 11 is 0. The van der Waals surface area contributed by atoms with E-state index < -0.39 is 0 Å². The number of nitrogens with zero attached hydrogens (tertiary/aromatic N) is 4. The van der Waals surface area contributed by atoms with Crippen LogP contribution in [0, 0.1) is 5.41 Å². The summed E-state index contributed by atoms with van der Waals surface area (Å²) in [6, 6.07) is 0.302. The number of hydrogen-bond acceptors (Lipinski definition) is 5. The lowest BCUT2D eigenvalue weighted by atomic mass is 9.79. The molecule has 5 heteroatoms. The van der Waals surface area contributed by atoms with E-state index in [0.29, 0.717) is 6.04 Å². The Hall–Kier alpha value is -1.20. The molecular formula is C14H25N5. The van der Waals surface area contributed by atoms with Crippen LogP contribution in [-0.2, 0) is 6.54 Å². The highest BCUT2D eigenvalue weighted by molar-refractivity contribution is 5.26. The number of likely N-dealkylation sites (tertiary alicyclic amines) is 1. The Morgan fingerprint density at radius 3 is 2.53 bits per heavy atom. The molecule has 1 atom stereocenters. The lowest BCUT2D eigenvalue weighted by molar-refractivity contribution is 0.0897. The topological polar surface area (TPSA) is 58.3 Å². The van der Waals surface area contributed by atoms with E-state index in [9.17, 15) is 0 Å². The predicted molar refractivity (Wildman–Crippen MR) is 78.0 cm³/mol. The summed E-state index contributed by atoms with van der Waals surface area (Å²) in [5.74, 6) is 0.754. The van der Waals surface area contributed by atoms with E-state index in [2.05, 4.69) is 28.7 Å². The second-order valence-corrected chi connectivity index (χ2v) is 6.38. The molecule has 106 valence electrons. The summed E-state index contributed by atoms with van der Waals surface area (Å²) in [4.78, 5) is 13.1. The van der Waals surface area contributed by atoms with E-state index in [0.717, 1.165) is 37.6 Å². The summed E-state index contributed by atoms with van der Waals surface area (Å²) < 4.78 is 0. The Kier molecular flexibility index (Phi) is 4.06. The van der Waals surface area contributed by atoms with E-state index in [1.54, 1.807) is 0 Å². The largest absolute Gasteiger partial charge is 0.347 e. The molecule has 0 bridgehead atoms. The third kappa shape index (κ3) is 3.42. The fourth-order valence-electron chi connectivity index (χ4n) is 2.54. The zero-order valence-corrected chi connectivity index (χ0v) is 12.4. The number of nitrogens with two attached hydrogens (primary N) is 1. The molecule has 1 aliphatic heterocycles. The zero-order valence-electron chi connectivity index (χ0n) is 12.4. The SMILES string of the molecule is CN(C)c1ncc(CN2CCC(N)C(C)(C)C2)cn1. The molecule has 1 aliphatic rings. The minimum Gasteiger partial charge on any atom is -0.347 e. The zero-order chi connectivity index (χ0) is 14.0. The first-order chi connectivity index (χ1) is 8.88. The molecule has 1 unspecified atom stereocenters. The van der Waals surface area contributed by atoms with Crippen LogP contribution in [0.15, 0.2) is 12.4 Å². The smallest absolute Gasteiger partial charge is 0.224 e. The van der Waals surface area contributed by atoms with Gasteiger partial charge in [0, 0.05) is 57.7 Å². The molecule has 1 aromatic rings. The van der Waals surface area contributed by atoms with E-state index in [1.807, 2.05) is 31.4 Å². The van der Waals surface area contributed by atoms with Crippen molar-refractivity contribution in [2.75, 3.05) is 32.1 Å². The van der Waals surface area contributed by atoms with Crippen LogP contribution in [0.3, 0.4) is 0 Å². The van der Waals surface area contributed by atoms with Crippen molar-refractivity contribution in [1.29, 1.82) is 0 Å². The number of aromatic nitrogens is 2. The van der Waals surface area contributed by atoms with Gasteiger partial charge in [-0.2, -0.15) is 0 Å². The number of piperidine rings is 1. The van der Waals surface area contributed by atoms with Gasteiger partial charge in [0.25, 0.3) is 0 Å². The molecule has 0 spiro atoms. The second kappa shape index (κ2) is 5.43. The van der Waals surface area contributed by atoms with Gasteiger partial charge in [-0.25, -0.2) is 9.97 Å². The van der Waals surface area contributed by atoms with Crippen molar-refractivity contribution >= 4 is 5.95 Å². The molecule has 5 nitrogen and oxygen atoms in total. The second-order valence-electron chi connectivity index (χ2n) is 6.38. The van der Waals surface area contributed by atoms with Crippen LogP contribution in [-0.4, -0.2) is 48.1 Å². The Labute approximate surface area is 115 Å². The van der Waals surface area contributed by atoms with Crippen molar-refractivity contribution < 1.29 is 0 Å². The van der Waals surface area contributed by atoms with Gasteiger partial charge in [-0.3, -0.25) is 4.90 Å². The molecule has 2 N–H and O–H groups in total. The van der Waals surface area contributed by atoms with Crippen LogP contribution in [0.2, 0.25) is 0 Å². The fourth-order valence-corrected chi connectivity index (χ4v) is 2.54. The van der Waals surface area contributed by atoms with Gasteiger partial charge in [-0.1, -0.05) is 13.8 Å². The monoisotopic (exact) mass is 263 g/mol. The van der Waals surface area contributed by atoms with Crippen molar-refractivity contribution in [1.82, 2.24) is 14.9 Å². The van der Waals surface area contributed by atoms with Crippen LogP contribution in [0.4, 0.5) is 5.95 Å². The van der Waals surface area contributed by atoms with Crippen LogP contribution in [0.25, 0.3) is 0 Å². The number of hydrogen-bond donors (Lipinski definition) is 1. The molecule has 1 aromatic heterocycles. The summed E-state index contributed by atoms with van der Waals surface area (Å²) in [6.07, 6.45) is 4.90. The third-order valence-electron chi connectivity index (χ3n) is 3.89. The Morgan fingerprint density at radius 2 is 2.00 bits per heavy atom. The minimum absolute atomic E-state index is 0.183. The van der Waals surface area contributed by atoms with Crippen molar-refractivity contribution in [2.24, 2.45) is 11.1 Å². The summed E-state index contributed by atoms with van der Waals surface area (Å²) in [6.45, 7) is 7.48. The van der Waals surface area contributed by atoms with Crippen LogP contribution < -0.4 is 10.6 Å². The quantitative estimate of drug-likeness (QED) is 0.885. The third-order valence-corrected chi connectivity index (χ3v) is 3.89. The fraction of sp³-hybridized carbons (Fsp3) is 0.714. The molecule has 1 fully saturated rings. The maximum Gasteiger partial charge on any atom is 0.224 e. The lowest BCUT2D eigenvalue weighted by Crippen LogP contribution is -2.52. The standard InChI is InChI=1S/C14H25N5/c1-14(2)10-19(6-5-12(14)15)9-11-7-16-13(17-8-11)18(3)4/h7-8,12H,5-6,9-10,15H2,1-4H3. The molecular weight excluding hydrogens is 238 g/mol. The normalized spacial score (nSPS) is 23.3. The molecule has 0 aliphatic carbocycles. The summed E-state index contributed by atoms with van der Waals surface area (Å²) in [5.41, 5.74) is 7.51. The van der Waals surface area contributed by atoms with Crippen LogP contribution >= 0.6 is 0 Å². The Bertz CT molecular complexity index is 412. The van der Waals surface area contributed by atoms with Crippen molar-refractivity contribution in [3.8, 4) is 0 Å². The summed E-state index contributed by atoms with van der Waals surface area (Å²) in [7, 11) is 3.90. The van der Waals surface area contributed by atoms with Crippen molar-refractivity contribution in [2.45, 2.75) is 32.9 Å². The van der Waals surface area contributed by atoms with Gasteiger partial charge in [0.2, 0.25) is 5.95 Å². The van der Waals surface area contributed by atoms with Gasteiger partial charge in [0.1, 0.15) is 0 Å². The molecule has 1 saturated heterocycles.